The summed E-state index contributed by atoms with van der Waals surface area (Å²) in [6, 6.07) is 4.35. The lowest BCUT2D eigenvalue weighted by molar-refractivity contribution is 0.255. The number of hydrogen-bond acceptors (Lipinski definition) is 1. The minimum Gasteiger partial charge on any atom is -0.492 e. The van der Waals surface area contributed by atoms with Crippen LogP contribution in [-0.4, -0.2) is 12.5 Å². The molecule has 0 aliphatic carbocycles. The van der Waals surface area contributed by atoms with Crippen molar-refractivity contribution < 1.29 is 9.13 Å². The highest BCUT2D eigenvalue weighted by molar-refractivity contribution is 6.19. The summed E-state index contributed by atoms with van der Waals surface area (Å²) in [7, 11) is 0. The zero-order chi connectivity index (χ0) is 12.7. The van der Waals surface area contributed by atoms with Gasteiger partial charge in [0.05, 0.1) is 18.1 Å². The lowest BCUT2D eigenvalue weighted by Crippen LogP contribution is -2.08. The van der Waals surface area contributed by atoms with Crippen LogP contribution in [0.15, 0.2) is 18.2 Å². The molecule has 1 rings (SSSR count). The molecule has 1 nitrogen and oxygen atoms in total. The van der Waals surface area contributed by atoms with Gasteiger partial charge in [-0.15, -0.1) is 11.6 Å². The molecule has 0 radical (unpaired) electrons. The number of alkyl halides is 1. The van der Waals surface area contributed by atoms with Crippen LogP contribution >= 0.6 is 11.6 Å². The monoisotopic (exact) mass is 254 g/mol. The molecule has 92 valence electrons. The van der Waals surface area contributed by atoms with Gasteiger partial charge in [-0.05, 0) is 24.1 Å². The van der Waals surface area contributed by atoms with Gasteiger partial charge in [0.25, 0.3) is 0 Å². The fourth-order valence-electron chi connectivity index (χ4n) is 1.20. The third kappa shape index (κ3) is 4.66. The number of ether oxygens (including phenoxy) is 1. The van der Waals surface area contributed by atoms with Crippen LogP contribution in [0.2, 0.25) is 0 Å². The van der Waals surface area contributed by atoms with Gasteiger partial charge in [-0.1, -0.05) is 32.1 Å². The Bertz CT molecular complexity index is 420. The second-order valence-corrected chi connectivity index (χ2v) is 4.17. The average molecular weight is 255 g/mol. The van der Waals surface area contributed by atoms with Crippen molar-refractivity contribution in [1.29, 1.82) is 0 Å². The van der Waals surface area contributed by atoms with Crippen molar-refractivity contribution in [3.63, 3.8) is 0 Å². The van der Waals surface area contributed by atoms with Crippen molar-refractivity contribution in [3.05, 3.63) is 29.6 Å². The molecule has 1 aromatic carbocycles. The predicted octanol–water partition coefficient (Wildman–Crippen LogP) is 3.84. The van der Waals surface area contributed by atoms with Gasteiger partial charge in [0.2, 0.25) is 0 Å². The van der Waals surface area contributed by atoms with Crippen molar-refractivity contribution >= 4 is 11.6 Å². The van der Waals surface area contributed by atoms with Gasteiger partial charge in [0.1, 0.15) is 11.6 Å². The summed E-state index contributed by atoms with van der Waals surface area (Å²) in [5, 5.41) is 0. The molecule has 0 aliphatic rings. The van der Waals surface area contributed by atoms with Gasteiger partial charge in [0.15, 0.2) is 0 Å². The van der Waals surface area contributed by atoms with Crippen LogP contribution in [0, 0.1) is 23.6 Å². The van der Waals surface area contributed by atoms with Crippen LogP contribution in [0.4, 0.5) is 4.39 Å². The van der Waals surface area contributed by atoms with E-state index >= 15 is 0 Å². The first-order valence-electron chi connectivity index (χ1n) is 5.64. The second kappa shape index (κ2) is 7.19. The molecular formula is C14H16ClFO. The Kier molecular flexibility index (Phi) is 5.86. The van der Waals surface area contributed by atoms with E-state index in [9.17, 15) is 4.39 Å². The molecule has 0 saturated carbocycles. The number of halogens is 2. The van der Waals surface area contributed by atoms with Crippen LogP contribution < -0.4 is 4.74 Å². The molecule has 0 saturated heterocycles. The predicted molar refractivity (Wildman–Crippen MR) is 68.9 cm³/mol. The molecule has 1 aromatic rings. The molecule has 1 unspecified atom stereocenters. The quantitative estimate of drug-likeness (QED) is 0.586. The van der Waals surface area contributed by atoms with Crippen molar-refractivity contribution in [2.75, 3.05) is 12.5 Å². The largest absolute Gasteiger partial charge is 0.492 e. The molecular weight excluding hydrogens is 239 g/mol. The topological polar surface area (TPSA) is 9.23 Å². The third-order valence-corrected chi connectivity index (χ3v) is 2.59. The van der Waals surface area contributed by atoms with Crippen LogP contribution in [0.1, 0.15) is 25.8 Å². The zero-order valence-corrected chi connectivity index (χ0v) is 10.9. The van der Waals surface area contributed by atoms with E-state index in [4.69, 9.17) is 16.3 Å². The van der Waals surface area contributed by atoms with Crippen LogP contribution in [-0.2, 0) is 0 Å². The van der Waals surface area contributed by atoms with Crippen molar-refractivity contribution in [3.8, 4) is 17.6 Å². The smallest absolute Gasteiger partial charge is 0.135 e. The van der Waals surface area contributed by atoms with E-state index in [0.717, 1.165) is 6.42 Å². The molecule has 0 aromatic heterocycles. The summed E-state index contributed by atoms with van der Waals surface area (Å²) in [5.74, 6) is 6.49. The summed E-state index contributed by atoms with van der Waals surface area (Å²) in [5.41, 5.74) is 0.550. The highest BCUT2D eigenvalue weighted by Crippen LogP contribution is 2.19. The van der Waals surface area contributed by atoms with Crippen molar-refractivity contribution in [2.45, 2.75) is 20.3 Å². The second-order valence-electron chi connectivity index (χ2n) is 3.90. The molecule has 3 heteroatoms. The number of rotatable bonds is 4. The molecule has 0 bridgehead atoms. The first kappa shape index (κ1) is 13.9. The first-order chi connectivity index (χ1) is 8.17. The van der Waals surface area contributed by atoms with Gasteiger partial charge in [-0.3, -0.25) is 0 Å². The highest BCUT2D eigenvalue weighted by Gasteiger charge is 2.05. The average Bonchev–Trinajstić information content (AvgIpc) is 2.34. The molecule has 17 heavy (non-hydrogen) atoms. The molecule has 0 heterocycles. The number of benzene rings is 1. The molecule has 0 spiro atoms. The zero-order valence-electron chi connectivity index (χ0n) is 10.1. The summed E-state index contributed by atoms with van der Waals surface area (Å²) in [6.45, 7) is 4.82. The Morgan fingerprint density at radius 1 is 1.47 bits per heavy atom. The summed E-state index contributed by atoms with van der Waals surface area (Å²) < 4.78 is 18.7. The Labute approximate surface area is 107 Å². The normalized spacial score (nSPS) is 11.5. The Hall–Kier alpha value is -1.20. The molecule has 1 atom stereocenters. The van der Waals surface area contributed by atoms with Gasteiger partial charge in [-0.25, -0.2) is 4.39 Å². The fourth-order valence-corrected chi connectivity index (χ4v) is 1.27. The van der Waals surface area contributed by atoms with E-state index in [2.05, 4.69) is 25.7 Å². The van der Waals surface area contributed by atoms with Gasteiger partial charge in [-0.2, -0.15) is 0 Å². The molecule has 0 aliphatic heterocycles. The first-order valence-corrected chi connectivity index (χ1v) is 6.18. The lowest BCUT2D eigenvalue weighted by atomic mass is 10.1. The van der Waals surface area contributed by atoms with E-state index in [1.165, 1.54) is 12.1 Å². The summed E-state index contributed by atoms with van der Waals surface area (Å²) >= 11 is 5.49. The minimum absolute atomic E-state index is 0.224. The van der Waals surface area contributed by atoms with Gasteiger partial charge >= 0.3 is 0 Å². The van der Waals surface area contributed by atoms with E-state index in [1.807, 2.05) is 0 Å². The molecule has 0 amide bonds. The van der Waals surface area contributed by atoms with Gasteiger partial charge in [0, 0.05) is 0 Å². The fraction of sp³-hybridized carbons (Fsp3) is 0.429. The summed E-state index contributed by atoms with van der Waals surface area (Å²) in [6.07, 6.45) is 1.05. The highest BCUT2D eigenvalue weighted by atomic mass is 35.5. The third-order valence-electron chi connectivity index (χ3n) is 2.45. The van der Waals surface area contributed by atoms with E-state index in [-0.39, 0.29) is 11.7 Å². The van der Waals surface area contributed by atoms with Crippen LogP contribution in [0.5, 0.6) is 5.75 Å². The SMILES string of the molecule is CCC(C)COc1ccc(F)cc1C#CCCl. The standard InChI is InChI=1S/C14H16ClFO/c1-3-11(2)10-17-14-7-6-13(16)9-12(14)5-4-8-15/h6-7,9,11H,3,8,10H2,1-2H3. The molecule has 0 fully saturated rings. The summed E-state index contributed by atoms with van der Waals surface area (Å²) in [4.78, 5) is 0. The van der Waals surface area contributed by atoms with Crippen LogP contribution in [0.25, 0.3) is 0 Å². The van der Waals surface area contributed by atoms with Crippen LogP contribution in [0.3, 0.4) is 0 Å². The Balaban J connectivity index is 2.82. The van der Waals surface area contributed by atoms with E-state index in [1.54, 1.807) is 6.07 Å². The van der Waals surface area contributed by atoms with E-state index in [0.29, 0.717) is 23.8 Å². The minimum atomic E-state index is -0.320. The number of hydrogen-bond donors (Lipinski definition) is 0. The lowest BCUT2D eigenvalue weighted by Gasteiger charge is -2.12. The van der Waals surface area contributed by atoms with E-state index < -0.39 is 0 Å². The Morgan fingerprint density at radius 2 is 2.24 bits per heavy atom. The maximum atomic E-state index is 13.1. The Morgan fingerprint density at radius 3 is 2.88 bits per heavy atom. The van der Waals surface area contributed by atoms with Gasteiger partial charge < -0.3 is 4.74 Å². The molecule has 0 N–H and O–H groups in total. The van der Waals surface area contributed by atoms with Crippen molar-refractivity contribution in [1.82, 2.24) is 0 Å². The maximum absolute atomic E-state index is 13.1. The van der Waals surface area contributed by atoms with Crippen molar-refractivity contribution in [2.24, 2.45) is 5.92 Å². The maximum Gasteiger partial charge on any atom is 0.135 e.